The molecule has 4 aromatic rings. The molecule has 1 fully saturated rings. The maximum atomic E-state index is 13.1. The maximum Gasteiger partial charge on any atom is 0.0885 e. The minimum Gasteiger partial charge on any atom is -0.371 e. The third-order valence-electron chi connectivity index (χ3n) is 5.71. The molecule has 1 N–H and O–H groups in total. The topological polar surface area (TPSA) is 49.0 Å². The fourth-order valence-corrected chi connectivity index (χ4v) is 5.30. The summed E-state index contributed by atoms with van der Waals surface area (Å²) in [4.78, 5) is 11.4. The number of fused-ring (bicyclic) bond motifs is 1. The Hall–Kier alpha value is -2.92. The van der Waals surface area contributed by atoms with E-state index in [2.05, 4.69) is 46.1 Å². The van der Waals surface area contributed by atoms with E-state index >= 15 is 0 Å². The molecule has 152 valence electrons. The van der Waals surface area contributed by atoms with Crippen LogP contribution in [-0.4, -0.2) is 27.3 Å². The number of aromatic nitrogens is 2. The number of hydrogen-bond donors (Lipinski definition) is 1. The number of aromatic amines is 1. The highest BCUT2D eigenvalue weighted by Crippen LogP contribution is 2.35. The van der Waals surface area contributed by atoms with Crippen LogP contribution < -0.4 is 4.90 Å². The highest BCUT2D eigenvalue weighted by molar-refractivity contribution is 7.84. The van der Waals surface area contributed by atoms with Crippen LogP contribution in [0.4, 0.5) is 5.69 Å². The molecule has 5 rings (SSSR count). The predicted molar refractivity (Wildman–Crippen MR) is 124 cm³/mol. The van der Waals surface area contributed by atoms with Crippen LogP contribution in [0.3, 0.4) is 0 Å². The zero-order valence-electron chi connectivity index (χ0n) is 17.1. The van der Waals surface area contributed by atoms with E-state index in [1.807, 2.05) is 42.6 Å². The number of H-pyrrole nitrogens is 1. The van der Waals surface area contributed by atoms with E-state index in [0.717, 1.165) is 51.4 Å². The van der Waals surface area contributed by atoms with Crippen LogP contribution in [0, 0.1) is 6.92 Å². The largest absolute Gasteiger partial charge is 0.371 e. The van der Waals surface area contributed by atoms with Gasteiger partial charge in [0.05, 0.1) is 33.3 Å². The van der Waals surface area contributed by atoms with Gasteiger partial charge in [0.2, 0.25) is 0 Å². The lowest BCUT2D eigenvalue weighted by Crippen LogP contribution is -2.18. The van der Waals surface area contributed by atoms with Gasteiger partial charge in [-0.25, -0.2) is 0 Å². The number of nitrogens with zero attached hydrogens (tertiary/aromatic N) is 2. The zero-order chi connectivity index (χ0) is 20.5. The smallest absolute Gasteiger partial charge is 0.0885 e. The van der Waals surface area contributed by atoms with Crippen molar-refractivity contribution in [3.8, 4) is 11.3 Å². The Bertz CT molecular complexity index is 1210. The summed E-state index contributed by atoms with van der Waals surface area (Å²) in [5, 5.41) is 0. The lowest BCUT2D eigenvalue weighted by atomic mass is 10.1. The number of pyridine rings is 1. The average Bonchev–Trinajstić information content (AvgIpc) is 3.44. The zero-order valence-corrected chi connectivity index (χ0v) is 17.9. The van der Waals surface area contributed by atoms with Crippen molar-refractivity contribution in [1.29, 1.82) is 0 Å². The Labute approximate surface area is 179 Å². The molecule has 1 atom stereocenters. The first-order chi connectivity index (χ1) is 14.7. The second-order valence-corrected chi connectivity index (χ2v) is 9.43. The molecule has 0 radical (unpaired) electrons. The molecule has 1 unspecified atom stereocenters. The standard InChI is InChI=1S/C25H25N3OS/c1-18-13-24-23(26-16-18)15-22(27-24)21-14-20(9-10-25(21)28-11-5-6-12-28)30(29)17-19-7-3-2-4-8-19/h2-4,7-10,13-16,27H,5-6,11-12,17H2,1H3. The lowest BCUT2D eigenvalue weighted by Gasteiger charge is -2.21. The number of hydrogen-bond acceptors (Lipinski definition) is 3. The maximum absolute atomic E-state index is 13.1. The Morgan fingerprint density at radius 2 is 1.83 bits per heavy atom. The third kappa shape index (κ3) is 3.77. The minimum absolute atomic E-state index is 0.525. The van der Waals surface area contributed by atoms with Crippen molar-refractivity contribution in [3.63, 3.8) is 0 Å². The monoisotopic (exact) mass is 415 g/mol. The molecule has 1 saturated heterocycles. The van der Waals surface area contributed by atoms with Gasteiger partial charge in [-0.1, -0.05) is 30.3 Å². The van der Waals surface area contributed by atoms with Crippen molar-refractivity contribution in [3.05, 3.63) is 78.0 Å². The van der Waals surface area contributed by atoms with Crippen LogP contribution in [0.2, 0.25) is 0 Å². The highest BCUT2D eigenvalue weighted by atomic mass is 32.2. The number of anilines is 1. The number of benzene rings is 2. The van der Waals surface area contributed by atoms with Gasteiger partial charge in [0.1, 0.15) is 0 Å². The molecule has 30 heavy (non-hydrogen) atoms. The molecule has 1 aliphatic heterocycles. The second kappa shape index (κ2) is 8.07. The van der Waals surface area contributed by atoms with Crippen LogP contribution in [0.25, 0.3) is 22.3 Å². The van der Waals surface area contributed by atoms with Gasteiger partial charge in [-0.05, 0) is 61.2 Å². The van der Waals surface area contributed by atoms with Crippen molar-refractivity contribution in [2.45, 2.75) is 30.4 Å². The van der Waals surface area contributed by atoms with Crippen LogP contribution in [0.1, 0.15) is 24.0 Å². The van der Waals surface area contributed by atoms with E-state index in [1.54, 1.807) is 0 Å². The molecule has 2 aromatic heterocycles. The molecule has 3 heterocycles. The first-order valence-corrected chi connectivity index (χ1v) is 11.8. The minimum atomic E-state index is -1.10. The van der Waals surface area contributed by atoms with E-state index in [9.17, 15) is 4.21 Å². The average molecular weight is 416 g/mol. The summed E-state index contributed by atoms with van der Waals surface area (Å²) in [6, 6.07) is 20.5. The van der Waals surface area contributed by atoms with Gasteiger partial charge >= 0.3 is 0 Å². The number of nitrogens with one attached hydrogen (secondary N) is 1. The second-order valence-electron chi connectivity index (χ2n) is 7.98. The molecule has 0 bridgehead atoms. The predicted octanol–water partition coefficient (Wildman–Crippen LogP) is 5.45. The Morgan fingerprint density at radius 1 is 1.03 bits per heavy atom. The van der Waals surface area contributed by atoms with Gasteiger partial charge in [0, 0.05) is 35.4 Å². The van der Waals surface area contributed by atoms with Crippen molar-refractivity contribution < 1.29 is 4.21 Å². The van der Waals surface area contributed by atoms with E-state index in [4.69, 9.17) is 0 Å². The summed E-state index contributed by atoms with van der Waals surface area (Å²) in [7, 11) is -1.10. The number of rotatable bonds is 5. The van der Waals surface area contributed by atoms with Crippen molar-refractivity contribution in [2.75, 3.05) is 18.0 Å². The van der Waals surface area contributed by atoms with E-state index in [0.29, 0.717) is 5.75 Å². The Morgan fingerprint density at radius 3 is 2.63 bits per heavy atom. The van der Waals surface area contributed by atoms with Gasteiger partial charge in [0.25, 0.3) is 0 Å². The first kappa shape index (κ1) is 19.1. The lowest BCUT2D eigenvalue weighted by molar-refractivity contribution is 0.682. The fraction of sp³-hybridized carbons (Fsp3) is 0.240. The summed E-state index contributed by atoms with van der Waals surface area (Å²) in [6.45, 7) is 4.18. The third-order valence-corrected chi connectivity index (χ3v) is 7.09. The van der Waals surface area contributed by atoms with Crippen LogP contribution >= 0.6 is 0 Å². The van der Waals surface area contributed by atoms with Gasteiger partial charge in [-0.15, -0.1) is 0 Å². The Balaban J connectivity index is 1.57. The molecule has 0 amide bonds. The van der Waals surface area contributed by atoms with Crippen molar-refractivity contribution >= 4 is 27.5 Å². The summed E-state index contributed by atoms with van der Waals surface area (Å²) in [6.07, 6.45) is 4.33. The van der Waals surface area contributed by atoms with Crippen LogP contribution in [0.5, 0.6) is 0 Å². The Kier molecular flexibility index (Phi) is 5.13. The molecular weight excluding hydrogens is 390 g/mol. The molecular formula is C25H25N3OS. The number of aryl methyl sites for hydroxylation is 1. The SMILES string of the molecule is Cc1cnc2cc(-c3cc(S(=O)Cc4ccccc4)ccc3N3CCCC3)[nH]c2c1. The summed E-state index contributed by atoms with van der Waals surface area (Å²) >= 11 is 0. The molecule has 5 heteroatoms. The molecule has 0 aliphatic carbocycles. The molecule has 4 nitrogen and oxygen atoms in total. The molecule has 0 spiro atoms. The summed E-state index contributed by atoms with van der Waals surface area (Å²) in [5.41, 5.74) is 7.55. The van der Waals surface area contributed by atoms with Gasteiger partial charge in [-0.3, -0.25) is 9.19 Å². The first-order valence-electron chi connectivity index (χ1n) is 10.4. The molecule has 2 aromatic carbocycles. The summed E-state index contributed by atoms with van der Waals surface area (Å²) < 4.78 is 13.1. The fourth-order valence-electron chi connectivity index (χ4n) is 4.17. The van der Waals surface area contributed by atoms with Crippen molar-refractivity contribution in [1.82, 2.24) is 9.97 Å². The normalized spacial score (nSPS) is 15.0. The highest BCUT2D eigenvalue weighted by Gasteiger charge is 2.19. The van der Waals surface area contributed by atoms with Gasteiger partial charge in [-0.2, -0.15) is 0 Å². The quantitative estimate of drug-likeness (QED) is 0.472. The van der Waals surface area contributed by atoms with Crippen LogP contribution in [-0.2, 0) is 16.6 Å². The van der Waals surface area contributed by atoms with E-state index < -0.39 is 10.8 Å². The van der Waals surface area contributed by atoms with E-state index in [-0.39, 0.29) is 0 Å². The van der Waals surface area contributed by atoms with Crippen LogP contribution in [0.15, 0.2) is 71.8 Å². The van der Waals surface area contributed by atoms with Gasteiger partial charge < -0.3 is 9.88 Å². The van der Waals surface area contributed by atoms with E-state index in [1.165, 1.54) is 18.5 Å². The van der Waals surface area contributed by atoms with Crippen molar-refractivity contribution in [2.24, 2.45) is 0 Å². The summed E-state index contributed by atoms with van der Waals surface area (Å²) in [5.74, 6) is 0.525. The van der Waals surface area contributed by atoms with Gasteiger partial charge in [0.15, 0.2) is 0 Å². The molecule has 1 aliphatic rings. The molecule has 0 saturated carbocycles.